The number of likely N-dealkylation sites (tertiary alicyclic amines) is 1. The van der Waals surface area contributed by atoms with Gasteiger partial charge >= 0.3 is 0 Å². The number of amides is 2. The molecule has 2 aromatic carbocycles. The highest BCUT2D eigenvalue weighted by Gasteiger charge is 2.32. The van der Waals surface area contributed by atoms with E-state index < -0.39 is 22.0 Å². The zero-order valence-electron chi connectivity index (χ0n) is 18.9. The summed E-state index contributed by atoms with van der Waals surface area (Å²) in [5.74, 6) is -0.593. The SMILES string of the molecule is CC[C@H](C(=O)Nc1ccccc1C(=O)N1CCCCC1)N(c1ccc(C)cc1)S(C)(=O)=O. The summed E-state index contributed by atoms with van der Waals surface area (Å²) in [7, 11) is -3.73. The second-order valence-corrected chi connectivity index (χ2v) is 10.1. The largest absolute Gasteiger partial charge is 0.339 e. The minimum atomic E-state index is -3.73. The van der Waals surface area contributed by atoms with E-state index in [1.807, 2.05) is 19.1 Å². The highest BCUT2D eigenvalue weighted by Crippen LogP contribution is 2.25. The lowest BCUT2D eigenvalue weighted by atomic mass is 10.1. The number of hydrogen-bond acceptors (Lipinski definition) is 4. The van der Waals surface area contributed by atoms with E-state index in [0.717, 1.165) is 35.4 Å². The van der Waals surface area contributed by atoms with Gasteiger partial charge in [0.1, 0.15) is 6.04 Å². The highest BCUT2D eigenvalue weighted by atomic mass is 32.2. The van der Waals surface area contributed by atoms with Crippen molar-refractivity contribution in [2.45, 2.75) is 45.6 Å². The number of hydrogen-bond donors (Lipinski definition) is 1. The van der Waals surface area contributed by atoms with Crippen LogP contribution in [0.15, 0.2) is 48.5 Å². The van der Waals surface area contributed by atoms with Gasteiger partial charge in [0.2, 0.25) is 15.9 Å². The Morgan fingerprint density at radius 2 is 1.66 bits per heavy atom. The smallest absolute Gasteiger partial charge is 0.255 e. The van der Waals surface area contributed by atoms with Gasteiger partial charge in [-0.2, -0.15) is 0 Å². The number of para-hydroxylation sites is 1. The summed E-state index contributed by atoms with van der Waals surface area (Å²) in [5.41, 5.74) is 2.23. The van der Waals surface area contributed by atoms with E-state index >= 15 is 0 Å². The number of nitrogens with zero attached hydrogens (tertiary/aromatic N) is 2. The maximum Gasteiger partial charge on any atom is 0.255 e. The number of piperidine rings is 1. The van der Waals surface area contributed by atoms with E-state index in [-0.39, 0.29) is 12.3 Å². The van der Waals surface area contributed by atoms with E-state index in [1.54, 1.807) is 48.2 Å². The number of carbonyl (C=O) groups is 2. The summed E-state index contributed by atoms with van der Waals surface area (Å²) in [5, 5.41) is 2.82. The van der Waals surface area contributed by atoms with Gasteiger partial charge < -0.3 is 10.2 Å². The van der Waals surface area contributed by atoms with Crippen molar-refractivity contribution in [2.75, 3.05) is 29.0 Å². The lowest BCUT2D eigenvalue weighted by Crippen LogP contribution is -2.47. The molecule has 1 N–H and O–H groups in total. The van der Waals surface area contributed by atoms with Gasteiger partial charge in [0, 0.05) is 13.1 Å². The molecule has 0 aromatic heterocycles. The zero-order chi connectivity index (χ0) is 23.3. The molecular weight excluding hydrogens is 426 g/mol. The lowest BCUT2D eigenvalue weighted by Gasteiger charge is -2.31. The normalized spacial score (nSPS) is 15.2. The fourth-order valence-electron chi connectivity index (χ4n) is 4.01. The number of benzene rings is 2. The van der Waals surface area contributed by atoms with Crippen molar-refractivity contribution in [3.63, 3.8) is 0 Å². The third-order valence-electron chi connectivity index (χ3n) is 5.68. The standard InChI is InChI=1S/C24H31N3O4S/c1-4-22(27(32(3,30)31)19-14-12-18(2)13-15-19)23(28)25-21-11-7-6-10-20(21)24(29)26-16-8-5-9-17-26/h6-7,10-15,22H,4-5,8-9,16-17H2,1-3H3,(H,25,28)/t22-/m1/s1. The monoisotopic (exact) mass is 457 g/mol. The van der Waals surface area contributed by atoms with Crippen LogP contribution in [-0.4, -0.2) is 50.5 Å². The van der Waals surface area contributed by atoms with Crippen molar-refractivity contribution >= 4 is 33.2 Å². The molecular formula is C24H31N3O4S. The maximum atomic E-state index is 13.3. The first kappa shape index (κ1) is 23.8. The number of rotatable bonds is 7. The maximum absolute atomic E-state index is 13.3. The fraction of sp³-hybridized carbons (Fsp3) is 0.417. The van der Waals surface area contributed by atoms with Crippen LogP contribution < -0.4 is 9.62 Å². The minimum Gasteiger partial charge on any atom is -0.339 e. The van der Waals surface area contributed by atoms with Gasteiger partial charge in [0.05, 0.1) is 23.2 Å². The number of nitrogens with one attached hydrogen (secondary N) is 1. The number of sulfonamides is 1. The van der Waals surface area contributed by atoms with Crippen molar-refractivity contribution in [1.29, 1.82) is 0 Å². The molecule has 0 radical (unpaired) electrons. The van der Waals surface area contributed by atoms with Crippen molar-refractivity contribution in [3.8, 4) is 0 Å². The van der Waals surface area contributed by atoms with Gasteiger partial charge in [-0.25, -0.2) is 8.42 Å². The number of aryl methyl sites for hydroxylation is 1. The predicted octanol–water partition coefficient (Wildman–Crippen LogP) is 3.80. The second-order valence-electron chi connectivity index (χ2n) is 8.21. The number of carbonyl (C=O) groups excluding carboxylic acids is 2. The Labute approximate surface area is 190 Å². The minimum absolute atomic E-state index is 0.118. The molecule has 0 aliphatic carbocycles. The van der Waals surface area contributed by atoms with Crippen LogP contribution in [0.2, 0.25) is 0 Å². The Hall–Kier alpha value is -2.87. The third-order valence-corrected chi connectivity index (χ3v) is 6.86. The first-order chi connectivity index (χ1) is 15.2. The molecule has 1 saturated heterocycles. The molecule has 1 fully saturated rings. The molecule has 2 aromatic rings. The number of anilines is 2. The van der Waals surface area contributed by atoms with E-state index in [4.69, 9.17) is 0 Å². The topological polar surface area (TPSA) is 86.8 Å². The first-order valence-corrected chi connectivity index (χ1v) is 12.8. The first-order valence-electron chi connectivity index (χ1n) is 11.0. The van der Waals surface area contributed by atoms with Crippen LogP contribution in [0, 0.1) is 6.92 Å². The average molecular weight is 458 g/mol. The van der Waals surface area contributed by atoms with Crippen LogP contribution in [0.25, 0.3) is 0 Å². The molecule has 1 aliphatic rings. The van der Waals surface area contributed by atoms with Crippen LogP contribution in [0.3, 0.4) is 0 Å². The summed E-state index contributed by atoms with van der Waals surface area (Å²) in [6.07, 6.45) is 4.42. The molecule has 7 nitrogen and oxygen atoms in total. The van der Waals surface area contributed by atoms with Crippen molar-refractivity contribution in [2.24, 2.45) is 0 Å². The molecule has 1 atom stereocenters. The van der Waals surface area contributed by atoms with Crippen LogP contribution in [-0.2, 0) is 14.8 Å². The van der Waals surface area contributed by atoms with E-state index in [0.29, 0.717) is 30.0 Å². The summed E-state index contributed by atoms with van der Waals surface area (Å²) in [4.78, 5) is 28.1. The molecule has 0 saturated carbocycles. The van der Waals surface area contributed by atoms with Gasteiger partial charge in [-0.3, -0.25) is 13.9 Å². The second kappa shape index (κ2) is 10.2. The fourth-order valence-corrected chi connectivity index (χ4v) is 5.23. The van der Waals surface area contributed by atoms with Crippen LogP contribution in [0.5, 0.6) is 0 Å². The van der Waals surface area contributed by atoms with Gasteiger partial charge in [-0.1, -0.05) is 36.8 Å². The summed E-state index contributed by atoms with van der Waals surface area (Å²) < 4.78 is 26.4. The molecule has 172 valence electrons. The molecule has 8 heteroatoms. The Morgan fingerprint density at radius 3 is 2.25 bits per heavy atom. The molecule has 0 unspecified atom stereocenters. The highest BCUT2D eigenvalue weighted by molar-refractivity contribution is 7.92. The third kappa shape index (κ3) is 5.48. The van der Waals surface area contributed by atoms with E-state index in [1.165, 1.54) is 0 Å². The Balaban J connectivity index is 1.89. The van der Waals surface area contributed by atoms with Crippen LogP contribution in [0.1, 0.15) is 48.5 Å². The lowest BCUT2D eigenvalue weighted by molar-refractivity contribution is -0.117. The molecule has 32 heavy (non-hydrogen) atoms. The van der Waals surface area contributed by atoms with Crippen molar-refractivity contribution in [1.82, 2.24) is 4.90 Å². The molecule has 0 bridgehead atoms. The average Bonchev–Trinajstić information content (AvgIpc) is 2.78. The van der Waals surface area contributed by atoms with Crippen molar-refractivity contribution in [3.05, 3.63) is 59.7 Å². The predicted molar refractivity (Wildman–Crippen MR) is 127 cm³/mol. The Morgan fingerprint density at radius 1 is 1.03 bits per heavy atom. The summed E-state index contributed by atoms with van der Waals surface area (Å²) >= 11 is 0. The molecule has 1 heterocycles. The van der Waals surface area contributed by atoms with Gasteiger partial charge in [0.25, 0.3) is 5.91 Å². The van der Waals surface area contributed by atoms with Gasteiger partial charge in [-0.05, 0) is 56.9 Å². The van der Waals surface area contributed by atoms with Gasteiger partial charge in [0.15, 0.2) is 0 Å². The quantitative estimate of drug-likeness (QED) is 0.685. The van der Waals surface area contributed by atoms with Crippen LogP contribution >= 0.6 is 0 Å². The van der Waals surface area contributed by atoms with Crippen molar-refractivity contribution < 1.29 is 18.0 Å². The Bertz CT molecular complexity index is 1060. The molecule has 2 amide bonds. The molecule has 1 aliphatic heterocycles. The Kier molecular flexibility index (Phi) is 7.56. The van der Waals surface area contributed by atoms with E-state index in [2.05, 4.69) is 5.32 Å². The summed E-state index contributed by atoms with van der Waals surface area (Å²) in [6, 6.07) is 12.9. The van der Waals surface area contributed by atoms with E-state index in [9.17, 15) is 18.0 Å². The summed E-state index contributed by atoms with van der Waals surface area (Å²) in [6.45, 7) is 5.08. The molecule has 0 spiro atoms. The van der Waals surface area contributed by atoms with Gasteiger partial charge in [-0.15, -0.1) is 0 Å². The zero-order valence-corrected chi connectivity index (χ0v) is 19.7. The molecule has 3 rings (SSSR count). The van der Waals surface area contributed by atoms with Crippen LogP contribution in [0.4, 0.5) is 11.4 Å².